The van der Waals surface area contributed by atoms with Crippen molar-refractivity contribution in [2.24, 2.45) is 10.8 Å². The second kappa shape index (κ2) is 9.25. The number of nitro groups is 1. The van der Waals surface area contributed by atoms with Gasteiger partial charge in [0.05, 0.1) is 17.0 Å². The average molecular weight is 390 g/mol. The molecular weight excluding hydrogens is 372 g/mol. The molecule has 29 heavy (non-hydrogen) atoms. The lowest BCUT2D eigenvalue weighted by molar-refractivity contribution is -0.384. The molecule has 3 aromatic rings. The van der Waals surface area contributed by atoms with Crippen molar-refractivity contribution in [3.05, 3.63) is 106 Å². The van der Waals surface area contributed by atoms with Crippen LogP contribution in [-0.4, -0.2) is 16.7 Å². The van der Waals surface area contributed by atoms with Crippen molar-refractivity contribution in [3.8, 4) is 5.75 Å². The number of benzene rings is 3. The van der Waals surface area contributed by atoms with Gasteiger partial charge in [-0.1, -0.05) is 48.5 Å². The van der Waals surface area contributed by atoms with Gasteiger partial charge in [-0.05, 0) is 23.8 Å². The Morgan fingerprint density at radius 2 is 1.69 bits per heavy atom. The third-order valence-electron chi connectivity index (χ3n) is 4.03. The molecule has 3 aromatic carbocycles. The molecule has 0 fully saturated rings. The molecule has 0 aliphatic rings. The average Bonchev–Trinajstić information content (AvgIpc) is 2.77. The first-order valence-electron chi connectivity index (χ1n) is 8.69. The molecule has 3 rings (SSSR count). The number of ether oxygens (including phenoxy) is 1. The molecule has 3 N–H and O–H groups in total. The van der Waals surface area contributed by atoms with Crippen LogP contribution in [0.2, 0.25) is 0 Å². The number of carbonyl (C=O) groups excluding carboxylic acids is 1. The molecular formula is C21H18N4O4. The number of nitrogens with one attached hydrogen (secondary N) is 1. The molecule has 0 bridgehead atoms. The van der Waals surface area contributed by atoms with Gasteiger partial charge in [-0.25, -0.2) is 10.8 Å². The largest absolute Gasteiger partial charge is 0.438 e. The van der Waals surface area contributed by atoms with Gasteiger partial charge in [-0.3, -0.25) is 20.3 Å². The quantitative estimate of drug-likeness (QED) is 0.167. The highest BCUT2D eigenvalue weighted by molar-refractivity contribution is 6.00. The van der Waals surface area contributed by atoms with Gasteiger partial charge in [0.15, 0.2) is 0 Å². The molecule has 8 nitrogen and oxygen atoms in total. The molecule has 146 valence electrons. The van der Waals surface area contributed by atoms with Gasteiger partial charge in [0.1, 0.15) is 5.75 Å². The normalized spacial score (nSPS) is 11.0. The highest BCUT2D eigenvalue weighted by Gasteiger charge is 2.19. The van der Waals surface area contributed by atoms with E-state index >= 15 is 0 Å². The lowest BCUT2D eigenvalue weighted by Crippen LogP contribution is -2.30. The number of non-ortho nitro benzene ring substituents is 1. The summed E-state index contributed by atoms with van der Waals surface area (Å²) in [4.78, 5) is 27.1. The minimum Gasteiger partial charge on any atom is -0.438 e. The summed E-state index contributed by atoms with van der Waals surface area (Å²) in [7, 11) is 0. The fourth-order valence-corrected chi connectivity index (χ4v) is 2.59. The van der Waals surface area contributed by atoms with E-state index in [0.717, 1.165) is 11.6 Å². The summed E-state index contributed by atoms with van der Waals surface area (Å²) >= 11 is 0. The van der Waals surface area contributed by atoms with E-state index in [-0.39, 0.29) is 22.9 Å². The molecule has 8 heteroatoms. The number of aliphatic imine (C=N–C) groups is 1. The van der Waals surface area contributed by atoms with Crippen LogP contribution in [0.5, 0.6) is 5.75 Å². The first-order valence-corrected chi connectivity index (χ1v) is 8.69. The van der Waals surface area contributed by atoms with E-state index in [1.807, 2.05) is 66.1 Å². The first-order chi connectivity index (χ1) is 14.1. The Hall–Kier alpha value is -4.04. The van der Waals surface area contributed by atoms with Crippen LogP contribution >= 0.6 is 0 Å². The van der Waals surface area contributed by atoms with E-state index < -0.39 is 10.8 Å². The maximum Gasteiger partial charge on any atom is 0.270 e. The minimum atomic E-state index is -0.709. The van der Waals surface area contributed by atoms with Crippen molar-refractivity contribution in [1.29, 1.82) is 0 Å². The van der Waals surface area contributed by atoms with E-state index in [0.29, 0.717) is 12.1 Å². The summed E-state index contributed by atoms with van der Waals surface area (Å²) < 4.78 is 5.92. The molecule has 0 saturated heterocycles. The van der Waals surface area contributed by atoms with E-state index in [4.69, 9.17) is 10.6 Å². The number of hydrogen-bond acceptors (Lipinski definition) is 6. The number of nitro benzene ring substituents is 1. The smallest absolute Gasteiger partial charge is 0.270 e. The van der Waals surface area contributed by atoms with Crippen LogP contribution in [0.4, 0.5) is 5.69 Å². The molecule has 0 atom stereocenters. The van der Waals surface area contributed by atoms with Crippen LogP contribution in [-0.2, 0) is 6.54 Å². The number of nitrogens with zero attached hydrogens (tertiary/aromatic N) is 2. The van der Waals surface area contributed by atoms with Gasteiger partial charge >= 0.3 is 0 Å². The number of hydrazine groups is 1. The van der Waals surface area contributed by atoms with Crippen molar-refractivity contribution in [3.63, 3.8) is 0 Å². The zero-order chi connectivity index (χ0) is 20.6. The van der Waals surface area contributed by atoms with Crippen LogP contribution in [0.3, 0.4) is 0 Å². The Morgan fingerprint density at radius 1 is 1.03 bits per heavy atom. The molecule has 0 spiro atoms. The lowest BCUT2D eigenvalue weighted by Gasteiger charge is -2.13. The standard InChI is InChI=1S/C21H18N4O4/c22-24-20(26)18-13-17(25(27)28)11-12-19(18)29-21(16-9-5-2-6-10-16)23-14-15-7-3-1-4-8-15/h1-13H,14,22H2,(H,24,26). The van der Waals surface area contributed by atoms with Crippen LogP contribution < -0.4 is 16.0 Å². The fraction of sp³-hybridized carbons (Fsp3) is 0.0476. The summed E-state index contributed by atoms with van der Waals surface area (Å²) in [5.74, 6) is 4.89. The molecule has 0 heterocycles. The zero-order valence-corrected chi connectivity index (χ0v) is 15.3. The molecule has 0 aliphatic carbocycles. The molecule has 1 amide bonds. The second-order valence-electron chi connectivity index (χ2n) is 5.99. The number of amides is 1. The van der Waals surface area contributed by atoms with Crippen LogP contribution in [0, 0.1) is 10.1 Å². The Balaban J connectivity index is 1.99. The van der Waals surface area contributed by atoms with Crippen LogP contribution in [0.15, 0.2) is 83.9 Å². The number of nitrogens with two attached hydrogens (primary N) is 1. The maximum absolute atomic E-state index is 12.1. The Morgan fingerprint density at radius 3 is 2.31 bits per heavy atom. The maximum atomic E-state index is 12.1. The predicted molar refractivity (Wildman–Crippen MR) is 109 cm³/mol. The van der Waals surface area contributed by atoms with Gasteiger partial charge in [0, 0.05) is 17.7 Å². The van der Waals surface area contributed by atoms with Crippen molar-refractivity contribution >= 4 is 17.5 Å². The van der Waals surface area contributed by atoms with Crippen molar-refractivity contribution in [2.45, 2.75) is 6.54 Å². The fourth-order valence-electron chi connectivity index (χ4n) is 2.59. The van der Waals surface area contributed by atoms with E-state index in [1.54, 1.807) is 0 Å². The highest BCUT2D eigenvalue weighted by atomic mass is 16.6. The van der Waals surface area contributed by atoms with E-state index in [1.165, 1.54) is 12.1 Å². The predicted octanol–water partition coefficient (Wildman–Crippen LogP) is 3.22. The molecule has 0 aromatic heterocycles. The lowest BCUT2D eigenvalue weighted by atomic mass is 10.1. The summed E-state index contributed by atoms with van der Waals surface area (Å²) in [5, 5.41) is 11.1. The number of nitrogen functional groups attached to an aromatic ring is 1. The second-order valence-corrected chi connectivity index (χ2v) is 5.99. The van der Waals surface area contributed by atoms with Gasteiger partial charge in [-0.15, -0.1) is 0 Å². The van der Waals surface area contributed by atoms with Gasteiger partial charge < -0.3 is 4.74 Å². The monoisotopic (exact) mass is 390 g/mol. The van der Waals surface area contributed by atoms with Gasteiger partial charge in [-0.2, -0.15) is 0 Å². The highest BCUT2D eigenvalue weighted by Crippen LogP contribution is 2.25. The van der Waals surface area contributed by atoms with Crippen molar-refractivity contribution in [1.82, 2.24) is 5.43 Å². The Labute approximate surface area is 166 Å². The van der Waals surface area contributed by atoms with Gasteiger partial charge in [0.2, 0.25) is 5.90 Å². The van der Waals surface area contributed by atoms with E-state index in [2.05, 4.69) is 4.99 Å². The van der Waals surface area contributed by atoms with Crippen LogP contribution in [0.25, 0.3) is 0 Å². The molecule has 0 radical (unpaired) electrons. The Bertz CT molecular complexity index is 1040. The number of hydrogen-bond donors (Lipinski definition) is 2. The first kappa shape index (κ1) is 19.7. The molecule has 0 saturated carbocycles. The third-order valence-corrected chi connectivity index (χ3v) is 4.03. The number of rotatable bonds is 6. The molecule has 0 unspecified atom stereocenters. The SMILES string of the molecule is NNC(=O)c1cc([N+](=O)[O-])ccc1OC(=NCc1ccccc1)c1ccccc1. The van der Waals surface area contributed by atoms with Crippen molar-refractivity contribution < 1.29 is 14.5 Å². The zero-order valence-electron chi connectivity index (χ0n) is 15.3. The van der Waals surface area contributed by atoms with Gasteiger partial charge in [0.25, 0.3) is 11.6 Å². The number of carbonyl (C=O) groups is 1. The third kappa shape index (κ3) is 5.02. The summed E-state index contributed by atoms with van der Waals surface area (Å²) in [6.07, 6.45) is 0. The summed E-state index contributed by atoms with van der Waals surface area (Å²) in [5.41, 5.74) is 3.34. The van der Waals surface area contributed by atoms with E-state index in [9.17, 15) is 14.9 Å². The Kier molecular flexibility index (Phi) is 6.29. The summed E-state index contributed by atoms with van der Waals surface area (Å²) in [6.45, 7) is 0.358. The minimum absolute atomic E-state index is 0.0648. The van der Waals surface area contributed by atoms with Crippen LogP contribution in [0.1, 0.15) is 21.5 Å². The van der Waals surface area contributed by atoms with Crippen molar-refractivity contribution in [2.75, 3.05) is 0 Å². The molecule has 0 aliphatic heterocycles. The summed E-state index contributed by atoms with van der Waals surface area (Å²) in [6, 6.07) is 22.5. The topological polar surface area (TPSA) is 120 Å².